The van der Waals surface area contributed by atoms with Crippen LogP contribution in [0.4, 0.5) is 5.95 Å². The molecule has 3 rings (SSSR count). The van der Waals surface area contributed by atoms with E-state index in [0.29, 0.717) is 16.7 Å². The van der Waals surface area contributed by atoms with E-state index in [9.17, 15) is 4.79 Å². The Kier molecular flexibility index (Phi) is 5.93. The van der Waals surface area contributed by atoms with E-state index in [2.05, 4.69) is 21.8 Å². The van der Waals surface area contributed by atoms with Crippen molar-refractivity contribution >= 4 is 23.5 Å². The van der Waals surface area contributed by atoms with Crippen molar-refractivity contribution in [1.29, 1.82) is 0 Å². The average molecular weight is 351 g/mol. The summed E-state index contributed by atoms with van der Waals surface area (Å²) in [6.07, 6.45) is 9.73. The van der Waals surface area contributed by atoms with Crippen molar-refractivity contribution in [2.45, 2.75) is 51.9 Å². The second kappa shape index (κ2) is 8.15. The molecule has 0 bridgehead atoms. The van der Waals surface area contributed by atoms with Crippen LogP contribution in [0.25, 0.3) is 0 Å². The van der Waals surface area contributed by atoms with Gasteiger partial charge in [-0.3, -0.25) is 4.79 Å². The molecule has 5 nitrogen and oxygen atoms in total. The van der Waals surface area contributed by atoms with Crippen LogP contribution >= 0.6 is 11.6 Å². The molecule has 0 radical (unpaired) electrons. The summed E-state index contributed by atoms with van der Waals surface area (Å²) in [4.78, 5) is 25.8. The lowest BCUT2D eigenvalue weighted by molar-refractivity contribution is 0.0754. The number of amides is 1. The lowest BCUT2D eigenvalue weighted by Gasteiger charge is -2.22. The molecular formula is C18H27ClN4O. The highest BCUT2D eigenvalue weighted by Gasteiger charge is 2.25. The normalized spacial score (nSPS) is 21.8. The van der Waals surface area contributed by atoms with Gasteiger partial charge in [-0.2, -0.15) is 0 Å². The Bertz CT molecular complexity index is 574. The molecule has 132 valence electrons. The summed E-state index contributed by atoms with van der Waals surface area (Å²) in [5.74, 6) is 1.34. The highest BCUT2D eigenvalue weighted by Crippen LogP contribution is 2.25. The van der Waals surface area contributed by atoms with Crippen LogP contribution in [0, 0.1) is 5.92 Å². The van der Waals surface area contributed by atoms with Gasteiger partial charge < -0.3 is 9.80 Å². The number of rotatable bonds is 4. The number of hydrogen-bond donors (Lipinski definition) is 0. The third-order valence-electron chi connectivity index (χ3n) is 5.15. The summed E-state index contributed by atoms with van der Waals surface area (Å²) in [6, 6.07) is 0. The van der Waals surface area contributed by atoms with Crippen LogP contribution in [-0.4, -0.2) is 47.0 Å². The molecule has 0 unspecified atom stereocenters. The van der Waals surface area contributed by atoms with Gasteiger partial charge in [0.2, 0.25) is 5.95 Å². The first-order valence-electron chi connectivity index (χ1n) is 9.25. The smallest absolute Gasteiger partial charge is 0.274 e. The molecule has 0 spiro atoms. The molecule has 1 aromatic rings. The van der Waals surface area contributed by atoms with Gasteiger partial charge >= 0.3 is 0 Å². The Hall–Kier alpha value is -1.36. The molecule has 0 aromatic carbocycles. The molecule has 0 N–H and O–H groups in total. The van der Waals surface area contributed by atoms with Gasteiger partial charge in [0.25, 0.3) is 5.91 Å². The number of aromatic nitrogens is 2. The highest BCUT2D eigenvalue weighted by molar-refractivity contribution is 6.33. The number of hydrogen-bond acceptors (Lipinski definition) is 4. The predicted octanol–water partition coefficient (Wildman–Crippen LogP) is 3.77. The molecule has 2 aliphatic heterocycles. The highest BCUT2D eigenvalue weighted by atomic mass is 35.5. The Labute approximate surface area is 149 Å². The zero-order valence-electron chi connectivity index (χ0n) is 14.5. The first kappa shape index (κ1) is 17.5. The minimum Gasteiger partial charge on any atom is -0.341 e. The molecule has 24 heavy (non-hydrogen) atoms. The third kappa shape index (κ3) is 4.00. The maximum atomic E-state index is 12.9. The molecule has 6 heteroatoms. The molecule has 3 heterocycles. The Morgan fingerprint density at radius 2 is 2.00 bits per heavy atom. The van der Waals surface area contributed by atoms with E-state index >= 15 is 0 Å². The molecule has 0 aliphatic carbocycles. The number of carbonyl (C=O) groups excluding carboxylic acids is 1. The Morgan fingerprint density at radius 3 is 2.75 bits per heavy atom. The quantitative estimate of drug-likeness (QED) is 0.829. The van der Waals surface area contributed by atoms with Gasteiger partial charge in [0.15, 0.2) is 5.69 Å². The molecule has 2 aliphatic rings. The molecule has 1 aromatic heterocycles. The zero-order chi connectivity index (χ0) is 16.9. The van der Waals surface area contributed by atoms with E-state index in [4.69, 9.17) is 11.6 Å². The summed E-state index contributed by atoms with van der Waals surface area (Å²) in [6.45, 7) is 5.75. The van der Waals surface area contributed by atoms with Crippen molar-refractivity contribution in [3.63, 3.8) is 0 Å². The standard InChI is InChI=1S/C18H27ClN4O/c1-2-6-14-7-5-11-22(12-8-14)17(24)16-15(19)13-20-18(21-16)23-9-3-4-10-23/h13-14H,2-12H2,1H3/t14-/m0/s1. The minimum absolute atomic E-state index is 0.0417. The lowest BCUT2D eigenvalue weighted by Crippen LogP contribution is -2.33. The fourth-order valence-corrected chi connectivity index (χ4v) is 3.96. The molecule has 2 saturated heterocycles. The van der Waals surface area contributed by atoms with Crippen molar-refractivity contribution in [3.05, 3.63) is 16.9 Å². The van der Waals surface area contributed by atoms with E-state index in [0.717, 1.165) is 57.8 Å². The monoisotopic (exact) mass is 350 g/mol. The van der Waals surface area contributed by atoms with Crippen molar-refractivity contribution in [2.24, 2.45) is 5.92 Å². The SMILES string of the molecule is CCC[C@H]1CCCN(C(=O)c2nc(N3CCCC3)ncc2Cl)CC1. The first-order chi connectivity index (χ1) is 11.7. The fraction of sp³-hybridized carbons (Fsp3) is 0.722. The summed E-state index contributed by atoms with van der Waals surface area (Å²) in [5.41, 5.74) is 0.363. The van der Waals surface area contributed by atoms with Gasteiger partial charge in [0, 0.05) is 26.2 Å². The number of halogens is 1. The molecule has 2 fully saturated rings. The zero-order valence-corrected chi connectivity index (χ0v) is 15.3. The van der Waals surface area contributed by atoms with Crippen LogP contribution in [0.1, 0.15) is 62.4 Å². The molecule has 0 saturated carbocycles. The summed E-state index contributed by atoms with van der Waals surface area (Å²) < 4.78 is 0. The topological polar surface area (TPSA) is 49.3 Å². The van der Waals surface area contributed by atoms with Crippen molar-refractivity contribution in [2.75, 3.05) is 31.1 Å². The largest absolute Gasteiger partial charge is 0.341 e. The number of anilines is 1. The Morgan fingerprint density at radius 1 is 1.21 bits per heavy atom. The van der Waals surface area contributed by atoms with E-state index in [1.54, 1.807) is 6.20 Å². The minimum atomic E-state index is -0.0417. The summed E-state index contributed by atoms with van der Waals surface area (Å²) >= 11 is 6.25. The van der Waals surface area contributed by atoms with Crippen LogP contribution in [-0.2, 0) is 0 Å². The molecule has 1 atom stereocenters. The lowest BCUT2D eigenvalue weighted by atomic mass is 9.96. The maximum Gasteiger partial charge on any atom is 0.274 e. The van der Waals surface area contributed by atoms with Crippen LogP contribution in [0.15, 0.2) is 6.20 Å². The maximum absolute atomic E-state index is 12.9. The molecular weight excluding hydrogens is 324 g/mol. The van der Waals surface area contributed by atoms with Gasteiger partial charge in [-0.05, 0) is 38.0 Å². The van der Waals surface area contributed by atoms with Crippen LogP contribution in [0.2, 0.25) is 5.02 Å². The second-order valence-electron chi connectivity index (χ2n) is 6.94. The Balaban J connectivity index is 1.73. The van der Waals surface area contributed by atoms with Gasteiger partial charge in [0.05, 0.1) is 11.2 Å². The van der Waals surface area contributed by atoms with E-state index in [1.807, 2.05) is 4.90 Å². The molecule has 1 amide bonds. The van der Waals surface area contributed by atoms with Crippen LogP contribution in [0.5, 0.6) is 0 Å². The average Bonchev–Trinajstić information content (AvgIpc) is 3.02. The summed E-state index contributed by atoms with van der Waals surface area (Å²) in [5, 5.41) is 0.359. The van der Waals surface area contributed by atoms with Crippen molar-refractivity contribution in [1.82, 2.24) is 14.9 Å². The van der Waals surface area contributed by atoms with E-state index in [-0.39, 0.29) is 5.91 Å². The van der Waals surface area contributed by atoms with Crippen LogP contribution < -0.4 is 4.90 Å². The van der Waals surface area contributed by atoms with Crippen molar-refractivity contribution in [3.8, 4) is 0 Å². The van der Waals surface area contributed by atoms with Gasteiger partial charge in [-0.15, -0.1) is 0 Å². The number of likely N-dealkylation sites (tertiary alicyclic amines) is 1. The van der Waals surface area contributed by atoms with Gasteiger partial charge in [0.1, 0.15) is 0 Å². The fourth-order valence-electron chi connectivity index (χ4n) is 3.79. The van der Waals surface area contributed by atoms with E-state index < -0.39 is 0 Å². The number of nitrogens with zero attached hydrogens (tertiary/aromatic N) is 4. The van der Waals surface area contributed by atoms with Gasteiger partial charge in [-0.1, -0.05) is 31.4 Å². The predicted molar refractivity (Wildman–Crippen MR) is 96.6 cm³/mol. The van der Waals surface area contributed by atoms with Crippen LogP contribution in [0.3, 0.4) is 0 Å². The first-order valence-corrected chi connectivity index (χ1v) is 9.63. The summed E-state index contributed by atoms with van der Waals surface area (Å²) in [7, 11) is 0. The number of carbonyl (C=O) groups is 1. The third-order valence-corrected chi connectivity index (χ3v) is 5.43. The second-order valence-corrected chi connectivity index (χ2v) is 7.35. The van der Waals surface area contributed by atoms with Gasteiger partial charge in [-0.25, -0.2) is 9.97 Å². The van der Waals surface area contributed by atoms with Crippen molar-refractivity contribution < 1.29 is 4.79 Å². The van der Waals surface area contributed by atoms with E-state index in [1.165, 1.54) is 19.3 Å².